The second-order valence-corrected chi connectivity index (χ2v) is 5.84. The van der Waals surface area contributed by atoms with Gasteiger partial charge in [-0.3, -0.25) is 0 Å². The minimum atomic E-state index is -0.954. The monoisotopic (exact) mass is 384 g/mol. The first-order chi connectivity index (χ1) is 11.6. The van der Waals surface area contributed by atoms with Crippen molar-refractivity contribution in [1.82, 2.24) is 9.97 Å². The normalized spacial score (nSPS) is 10.2. The van der Waals surface area contributed by atoms with E-state index in [4.69, 9.17) is 5.11 Å². The number of aromatic nitrogens is 2. The first-order valence-corrected chi connectivity index (χ1v) is 7.84. The van der Waals surface area contributed by atoms with Crippen LogP contribution in [0.3, 0.4) is 0 Å². The Morgan fingerprint density at radius 2 is 1.38 bits per heavy atom. The zero-order valence-corrected chi connectivity index (χ0v) is 14.0. The van der Waals surface area contributed by atoms with E-state index in [-0.39, 0.29) is 5.56 Å². The van der Waals surface area contributed by atoms with E-state index in [2.05, 4.69) is 36.5 Å². The van der Waals surface area contributed by atoms with E-state index in [0.29, 0.717) is 11.6 Å². The second kappa shape index (κ2) is 7.10. The van der Waals surface area contributed by atoms with E-state index >= 15 is 0 Å². The Bertz CT molecular complexity index is 851. The standard InChI is InChI=1S/C17H13BrN4O2/c18-12-3-7-14(8-4-12)22-16-9-15(19-10-20-16)21-13-5-1-11(2-6-13)17(23)24/h1-10H,(H,23,24)(H2,19,20,21,22). The highest BCUT2D eigenvalue weighted by molar-refractivity contribution is 9.10. The molecule has 1 aromatic heterocycles. The average molecular weight is 385 g/mol. The number of hydrogen-bond acceptors (Lipinski definition) is 5. The highest BCUT2D eigenvalue weighted by Crippen LogP contribution is 2.21. The quantitative estimate of drug-likeness (QED) is 0.603. The molecule has 0 saturated heterocycles. The molecule has 7 heteroatoms. The maximum absolute atomic E-state index is 10.9. The van der Waals surface area contributed by atoms with Gasteiger partial charge in [-0.1, -0.05) is 15.9 Å². The Hall–Kier alpha value is -2.93. The van der Waals surface area contributed by atoms with E-state index in [0.717, 1.165) is 15.8 Å². The molecular weight excluding hydrogens is 372 g/mol. The first-order valence-electron chi connectivity index (χ1n) is 7.05. The molecule has 0 aliphatic rings. The molecule has 2 aromatic carbocycles. The summed E-state index contributed by atoms with van der Waals surface area (Å²) >= 11 is 3.39. The number of carboxylic acid groups (broad SMARTS) is 1. The smallest absolute Gasteiger partial charge is 0.335 e. The minimum Gasteiger partial charge on any atom is -0.478 e. The van der Waals surface area contributed by atoms with Crippen LogP contribution in [0.2, 0.25) is 0 Å². The van der Waals surface area contributed by atoms with Gasteiger partial charge in [0, 0.05) is 21.9 Å². The van der Waals surface area contributed by atoms with Gasteiger partial charge in [0.1, 0.15) is 18.0 Å². The minimum absolute atomic E-state index is 0.237. The van der Waals surface area contributed by atoms with Crippen LogP contribution in [-0.4, -0.2) is 21.0 Å². The first kappa shape index (κ1) is 15.9. The number of aromatic carboxylic acids is 1. The highest BCUT2D eigenvalue weighted by Gasteiger charge is 2.04. The topological polar surface area (TPSA) is 87.1 Å². The molecule has 120 valence electrons. The summed E-state index contributed by atoms with van der Waals surface area (Å²) in [5, 5.41) is 15.2. The van der Waals surface area contributed by atoms with Crippen LogP contribution in [0.4, 0.5) is 23.0 Å². The number of hydrogen-bond donors (Lipinski definition) is 3. The Kier molecular flexibility index (Phi) is 4.72. The number of nitrogens with zero attached hydrogens (tertiary/aromatic N) is 2. The van der Waals surface area contributed by atoms with Gasteiger partial charge in [0.05, 0.1) is 5.56 Å². The summed E-state index contributed by atoms with van der Waals surface area (Å²) < 4.78 is 1.00. The molecule has 1 heterocycles. The highest BCUT2D eigenvalue weighted by atomic mass is 79.9. The molecule has 24 heavy (non-hydrogen) atoms. The molecule has 0 aliphatic heterocycles. The van der Waals surface area contributed by atoms with Crippen molar-refractivity contribution in [3.63, 3.8) is 0 Å². The van der Waals surface area contributed by atoms with Crippen LogP contribution >= 0.6 is 15.9 Å². The summed E-state index contributed by atoms with van der Waals surface area (Å²) in [5.74, 6) is 0.300. The van der Waals surface area contributed by atoms with Gasteiger partial charge in [-0.25, -0.2) is 14.8 Å². The lowest BCUT2D eigenvalue weighted by atomic mass is 10.2. The van der Waals surface area contributed by atoms with Gasteiger partial charge in [0.2, 0.25) is 0 Å². The molecule has 3 rings (SSSR count). The SMILES string of the molecule is O=C(O)c1ccc(Nc2cc(Nc3ccc(Br)cc3)ncn2)cc1. The molecule has 0 fully saturated rings. The number of nitrogens with one attached hydrogen (secondary N) is 2. The second-order valence-electron chi connectivity index (χ2n) is 4.93. The predicted molar refractivity (Wildman–Crippen MR) is 96.1 cm³/mol. The molecule has 0 saturated carbocycles. The molecule has 0 aliphatic carbocycles. The summed E-state index contributed by atoms with van der Waals surface area (Å²) in [7, 11) is 0. The Morgan fingerprint density at radius 1 is 0.875 bits per heavy atom. The third-order valence-electron chi connectivity index (χ3n) is 3.19. The summed E-state index contributed by atoms with van der Waals surface area (Å²) in [4.78, 5) is 19.2. The molecule has 0 unspecified atom stereocenters. The van der Waals surface area contributed by atoms with Crippen molar-refractivity contribution in [2.45, 2.75) is 0 Å². The van der Waals surface area contributed by atoms with Crippen LogP contribution in [0.15, 0.2) is 65.4 Å². The fraction of sp³-hybridized carbons (Fsp3) is 0. The lowest BCUT2D eigenvalue weighted by molar-refractivity contribution is 0.0697. The van der Waals surface area contributed by atoms with Crippen molar-refractivity contribution < 1.29 is 9.90 Å². The van der Waals surface area contributed by atoms with Crippen molar-refractivity contribution in [3.05, 3.63) is 71.0 Å². The maximum Gasteiger partial charge on any atom is 0.335 e. The molecular formula is C17H13BrN4O2. The summed E-state index contributed by atoms with van der Waals surface area (Å²) in [5.41, 5.74) is 1.89. The predicted octanol–water partition coefficient (Wildman–Crippen LogP) is 4.42. The van der Waals surface area contributed by atoms with Crippen LogP contribution in [0.1, 0.15) is 10.4 Å². The largest absolute Gasteiger partial charge is 0.478 e. The fourth-order valence-corrected chi connectivity index (χ4v) is 2.28. The zero-order valence-electron chi connectivity index (χ0n) is 12.4. The van der Waals surface area contributed by atoms with E-state index < -0.39 is 5.97 Å². The summed E-state index contributed by atoms with van der Waals surface area (Å²) in [6.07, 6.45) is 1.45. The van der Waals surface area contributed by atoms with E-state index in [1.807, 2.05) is 24.3 Å². The average Bonchev–Trinajstić information content (AvgIpc) is 2.58. The summed E-state index contributed by atoms with van der Waals surface area (Å²) in [6.45, 7) is 0. The number of carboxylic acids is 1. The molecule has 0 bridgehead atoms. The third-order valence-corrected chi connectivity index (χ3v) is 3.72. The molecule has 0 radical (unpaired) electrons. The van der Waals surface area contributed by atoms with Gasteiger partial charge in [0.25, 0.3) is 0 Å². The fourth-order valence-electron chi connectivity index (χ4n) is 2.02. The van der Waals surface area contributed by atoms with Gasteiger partial charge in [-0.2, -0.15) is 0 Å². The summed E-state index contributed by atoms with van der Waals surface area (Å²) in [6, 6.07) is 16.0. The van der Waals surface area contributed by atoms with E-state index in [1.165, 1.54) is 18.5 Å². The number of halogens is 1. The number of anilines is 4. The van der Waals surface area contributed by atoms with Crippen molar-refractivity contribution in [2.24, 2.45) is 0 Å². The van der Waals surface area contributed by atoms with Crippen LogP contribution in [0.5, 0.6) is 0 Å². The number of carbonyl (C=O) groups is 1. The van der Waals surface area contributed by atoms with E-state index in [9.17, 15) is 4.79 Å². The van der Waals surface area contributed by atoms with Crippen LogP contribution < -0.4 is 10.6 Å². The van der Waals surface area contributed by atoms with Gasteiger partial charge >= 0.3 is 5.97 Å². The van der Waals surface area contributed by atoms with Crippen molar-refractivity contribution in [2.75, 3.05) is 10.6 Å². The van der Waals surface area contributed by atoms with Gasteiger partial charge in [-0.15, -0.1) is 0 Å². The van der Waals surface area contributed by atoms with Crippen LogP contribution in [0.25, 0.3) is 0 Å². The number of rotatable bonds is 5. The van der Waals surface area contributed by atoms with Crippen LogP contribution in [0, 0.1) is 0 Å². The Labute approximate surface area is 146 Å². The molecule has 0 amide bonds. The maximum atomic E-state index is 10.9. The molecule has 3 aromatic rings. The molecule has 3 N–H and O–H groups in total. The van der Waals surface area contributed by atoms with Crippen molar-refractivity contribution in [1.29, 1.82) is 0 Å². The zero-order chi connectivity index (χ0) is 16.9. The van der Waals surface area contributed by atoms with Crippen molar-refractivity contribution in [3.8, 4) is 0 Å². The molecule has 0 spiro atoms. The Morgan fingerprint density at radius 3 is 1.88 bits per heavy atom. The van der Waals surface area contributed by atoms with Gasteiger partial charge < -0.3 is 15.7 Å². The van der Waals surface area contributed by atoms with E-state index in [1.54, 1.807) is 18.2 Å². The lowest BCUT2D eigenvalue weighted by Crippen LogP contribution is -1.99. The lowest BCUT2D eigenvalue weighted by Gasteiger charge is -2.09. The molecule has 0 atom stereocenters. The number of benzene rings is 2. The molecule has 6 nitrogen and oxygen atoms in total. The third kappa shape index (κ3) is 4.08. The van der Waals surface area contributed by atoms with Crippen molar-refractivity contribution >= 4 is 44.9 Å². The van der Waals surface area contributed by atoms with Gasteiger partial charge in [-0.05, 0) is 48.5 Å². The van der Waals surface area contributed by atoms with Crippen LogP contribution in [-0.2, 0) is 0 Å². The van der Waals surface area contributed by atoms with Gasteiger partial charge in [0.15, 0.2) is 0 Å². The Balaban J connectivity index is 1.72.